The molecule has 5 heteroatoms. The van der Waals surface area contributed by atoms with Crippen molar-refractivity contribution < 1.29 is 0 Å². The Morgan fingerprint density at radius 2 is 2.14 bits per heavy atom. The van der Waals surface area contributed by atoms with Crippen molar-refractivity contribution in [1.82, 2.24) is 14.9 Å². The summed E-state index contributed by atoms with van der Waals surface area (Å²) in [6.45, 7) is 1.85. The third-order valence-electron chi connectivity index (χ3n) is 4.05. The molecule has 0 fully saturated rings. The van der Waals surface area contributed by atoms with Crippen molar-refractivity contribution in [3.05, 3.63) is 51.1 Å². The minimum Gasteiger partial charge on any atom is -0.376 e. The molecule has 1 aromatic carbocycles. The second-order valence-corrected chi connectivity index (χ2v) is 6.71. The second kappa shape index (κ2) is 4.98. The fraction of sp³-hybridized carbons (Fsp3) is 0.250. The van der Waals surface area contributed by atoms with E-state index in [0.717, 1.165) is 31.0 Å². The minimum absolute atomic E-state index is 0.859. The molecule has 106 valence electrons. The summed E-state index contributed by atoms with van der Waals surface area (Å²) >= 11 is 2.37. The number of halogens is 1. The van der Waals surface area contributed by atoms with Gasteiger partial charge in [-0.15, -0.1) is 0 Å². The molecule has 2 aliphatic rings. The zero-order valence-corrected chi connectivity index (χ0v) is 13.9. The van der Waals surface area contributed by atoms with E-state index in [2.05, 4.69) is 79.9 Å². The van der Waals surface area contributed by atoms with Gasteiger partial charge in [-0.1, -0.05) is 6.07 Å². The zero-order chi connectivity index (χ0) is 14.4. The van der Waals surface area contributed by atoms with Crippen LogP contribution in [0.1, 0.15) is 16.8 Å². The Labute approximate surface area is 137 Å². The van der Waals surface area contributed by atoms with Crippen LogP contribution in [-0.4, -0.2) is 28.5 Å². The molecule has 0 saturated carbocycles. The van der Waals surface area contributed by atoms with Crippen LogP contribution in [0.25, 0.3) is 6.08 Å². The fourth-order valence-electron chi connectivity index (χ4n) is 3.02. The van der Waals surface area contributed by atoms with E-state index in [4.69, 9.17) is 0 Å². The van der Waals surface area contributed by atoms with Gasteiger partial charge in [0.2, 0.25) is 0 Å². The summed E-state index contributed by atoms with van der Waals surface area (Å²) in [6.07, 6.45) is 6.89. The zero-order valence-electron chi connectivity index (χ0n) is 11.8. The van der Waals surface area contributed by atoms with Gasteiger partial charge >= 0.3 is 0 Å². The molecule has 0 aliphatic carbocycles. The lowest BCUT2D eigenvalue weighted by atomic mass is 10.1. The summed E-state index contributed by atoms with van der Waals surface area (Å²) in [5.41, 5.74) is 4.95. The molecule has 2 aliphatic heterocycles. The lowest BCUT2D eigenvalue weighted by molar-refractivity contribution is 0.445. The molecule has 0 bridgehead atoms. The Morgan fingerprint density at radius 3 is 3.05 bits per heavy atom. The first-order valence-corrected chi connectivity index (χ1v) is 8.08. The average Bonchev–Trinajstić information content (AvgIpc) is 2.89. The number of fused-ring (bicyclic) bond motifs is 2. The van der Waals surface area contributed by atoms with Crippen molar-refractivity contribution in [2.75, 3.05) is 18.5 Å². The van der Waals surface area contributed by atoms with Crippen molar-refractivity contribution in [2.24, 2.45) is 0 Å². The number of hydrogen-bond acceptors (Lipinski definition) is 4. The Balaban J connectivity index is 1.84. The highest BCUT2D eigenvalue weighted by molar-refractivity contribution is 14.1. The third-order valence-corrected chi connectivity index (χ3v) is 4.72. The molecular formula is C16H15IN4. The number of rotatable bonds is 1. The van der Waals surface area contributed by atoms with Gasteiger partial charge in [0.05, 0.1) is 5.69 Å². The van der Waals surface area contributed by atoms with Gasteiger partial charge in [0.15, 0.2) is 0 Å². The largest absolute Gasteiger partial charge is 0.376 e. The summed E-state index contributed by atoms with van der Waals surface area (Å²) in [6, 6.07) is 6.66. The fourth-order valence-corrected chi connectivity index (χ4v) is 3.49. The molecule has 0 spiro atoms. The van der Waals surface area contributed by atoms with Crippen LogP contribution in [0, 0.1) is 3.57 Å². The van der Waals surface area contributed by atoms with Gasteiger partial charge in [0.1, 0.15) is 12.1 Å². The molecule has 2 aromatic rings. The van der Waals surface area contributed by atoms with Crippen LogP contribution in [-0.2, 0) is 13.0 Å². The van der Waals surface area contributed by atoms with Gasteiger partial charge in [0.25, 0.3) is 0 Å². The Hall–Kier alpha value is -1.63. The number of nitrogens with zero attached hydrogens (tertiary/aromatic N) is 4. The van der Waals surface area contributed by atoms with Crippen LogP contribution in [0.5, 0.6) is 0 Å². The van der Waals surface area contributed by atoms with Crippen LogP contribution in [0.4, 0.5) is 11.5 Å². The van der Waals surface area contributed by atoms with Gasteiger partial charge in [-0.2, -0.15) is 0 Å². The van der Waals surface area contributed by atoms with E-state index in [0.29, 0.717) is 0 Å². The van der Waals surface area contributed by atoms with Gasteiger partial charge in [0, 0.05) is 41.2 Å². The van der Waals surface area contributed by atoms with E-state index in [9.17, 15) is 0 Å². The highest BCUT2D eigenvalue weighted by atomic mass is 127. The number of aromatic nitrogens is 2. The molecule has 0 radical (unpaired) electrons. The first-order chi connectivity index (χ1) is 10.2. The molecule has 1 aromatic heterocycles. The summed E-state index contributed by atoms with van der Waals surface area (Å²) in [5.74, 6) is 1.05. The van der Waals surface area contributed by atoms with Gasteiger partial charge < -0.3 is 9.80 Å². The monoisotopic (exact) mass is 390 g/mol. The normalized spacial score (nSPS) is 16.1. The van der Waals surface area contributed by atoms with Crippen molar-refractivity contribution >= 4 is 40.2 Å². The van der Waals surface area contributed by atoms with Crippen LogP contribution in [0.15, 0.2) is 30.7 Å². The Bertz CT molecular complexity index is 741. The summed E-state index contributed by atoms with van der Waals surface area (Å²) < 4.78 is 1.26. The molecule has 4 nitrogen and oxygen atoms in total. The molecule has 0 unspecified atom stereocenters. The lowest BCUT2D eigenvalue weighted by Crippen LogP contribution is -2.22. The molecular weight excluding hydrogens is 375 g/mol. The maximum absolute atomic E-state index is 4.59. The highest BCUT2D eigenvalue weighted by Crippen LogP contribution is 2.37. The molecule has 0 amide bonds. The van der Waals surface area contributed by atoms with E-state index in [1.807, 2.05) is 0 Å². The first-order valence-electron chi connectivity index (χ1n) is 7.00. The molecule has 0 atom stereocenters. The first kappa shape index (κ1) is 13.1. The molecule has 0 N–H and O–H groups in total. The SMILES string of the molecule is CN1C=Cc2ncnc(N3CCc4ccc(I)cc43)c2C1. The van der Waals surface area contributed by atoms with Crippen molar-refractivity contribution in [2.45, 2.75) is 13.0 Å². The smallest absolute Gasteiger partial charge is 0.142 e. The molecule has 0 saturated heterocycles. The van der Waals surface area contributed by atoms with Crippen LogP contribution < -0.4 is 4.90 Å². The summed E-state index contributed by atoms with van der Waals surface area (Å²) in [4.78, 5) is 13.5. The third kappa shape index (κ3) is 2.19. The van der Waals surface area contributed by atoms with E-state index in [1.54, 1.807) is 6.33 Å². The van der Waals surface area contributed by atoms with Gasteiger partial charge in [-0.3, -0.25) is 0 Å². The van der Waals surface area contributed by atoms with E-state index < -0.39 is 0 Å². The van der Waals surface area contributed by atoms with Crippen molar-refractivity contribution in [3.63, 3.8) is 0 Å². The Kier molecular flexibility index (Phi) is 3.10. The van der Waals surface area contributed by atoms with Crippen molar-refractivity contribution in [1.29, 1.82) is 0 Å². The lowest BCUT2D eigenvalue weighted by Gasteiger charge is -2.26. The van der Waals surface area contributed by atoms with Crippen molar-refractivity contribution in [3.8, 4) is 0 Å². The quantitative estimate of drug-likeness (QED) is 0.701. The highest BCUT2D eigenvalue weighted by Gasteiger charge is 2.26. The maximum atomic E-state index is 4.59. The predicted octanol–water partition coefficient (Wildman–Crippen LogP) is 3.19. The second-order valence-electron chi connectivity index (χ2n) is 5.47. The van der Waals surface area contributed by atoms with E-state index >= 15 is 0 Å². The predicted molar refractivity (Wildman–Crippen MR) is 92.4 cm³/mol. The average molecular weight is 390 g/mol. The Morgan fingerprint density at radius 1 is 1.24 bits per heavy atom. The number of benzene rings is 1. The topological polar surface area (TPSA) is 32.3 Å². The standard InChI is InChI=1S/C16H15IN4/c1-20-6-5-14-13(9-20)16(19-10-18-14)21-7-4-11-2-3-12(17)8-15(11)21/h2-3,5-6,8,10H,4,7,9H2,1H3. The number of hydrogen-bond donors (Lipinski definition) is 0. The molecule has 21 heavy (non-hydrogen) atoms. The molecule has 4 rings (SSSR count). The minimum atomic E-state index is 0.859. The summed E-state index contributed by atoms with van der Waals surface area (Å²) in [5, 5.41) is 0. The van der Waals surface area contributed by atoms with E-state index in [-0.39, 0.29) is 0 Å². The summed E-state index contributed by atoms with van der Waals surface area (Å²) in [7, 11) is 2.08. The van der Waals surface area contributed by atoms with E-state index in [1.165, 1.54) is 20.4 Å². The maximum Gasteiger partial charge on any atom is 0.142 e. The molecule has 3 heterocycles. The van der Waals surface area contributed by atoms with Crippen LogP contribution >= 0.6 is 22.6 Å². The number of anilines is 2. The van der Waals surface area contributed by atoms with Crippen LogP contribution in [0.2, 0.25) is 0 Å². The van der Waals surface area contributed by atoms with Gasteiger partial charge in [-0.25, -0.2) is 9.97 Å². The van der Waals surface area contributed by atoms with Crippen LogP contribution in [0.3, 0.4) is 0 Å². The van der Waals surface area contributed by atoms with Gasteiger partial charge in [-0.05, 0) is 52.8 Å².